The normalized spacial score (nSPS) is 15.7. The summed E-state index contributed by atoms with van der Waals surface area (Å²) in [5.74, 6) is 0.782. The van der Waals surface area contributed by atoms with Gasteiger partial charge in [-0.2, -0.15) is 10.4 Å². The summed E-state index contributed by atoms with van der Waals surface area (Å²) in [6.07, 6.45) is 2.35. The molecule has 1 fully saturated rings. The number of benzene rings is 2. The van der Waals surface area contributed by atoms with Gasteiger partial charge >= 0.3 is 0 Å². The Balaban J connectivity index is 1.64. The predicted octanol–water partition coefficient (Wildman–Crippen LogP) is 4.82. The Bertz CT molecular complexity index is 1150. The van der Waals surface area contributed by atoms with Gasteiger partial charge in [0, 0.05) is 35.6 Å². The van der Waals surface area contributed by atoms with Crippen LogP contribution in [-0.2, 0) is 0 Å². The van der Waals surface area contributed by atoms with Crippen LogP contribution in [0.25, 0.3) is 10.8 Å². The van der Waals surface area contributed by atoms with Crippen molar-refractivity contribution in [2.75, 3.05) is 37.4 Å². The van der Waals surface area contributed by atoms with E-state index < -0.39 is 0 Å². The van der Waals surface area contributed by atoms with E-state index in [0.29, 0.717) is 11.6 Å². The van der Waals surface area contributed by atoms with E-state index in [0.717, 1.165) is 46.5 Å². The zero-order chi connectivity index (χ0) is 22.8. The summed E-state index contributed by atoms with van der Waals surface area (Å²) in [6, 6.07) is 15.4. The molecule has 2 aromatic carbocycles. The minimum absolute atomic E-state index is 0.00278. The SMILES string of the molecule is Cc1c(C#N)cccc1[C@@H](C)Nc1nnc(C)c2ccc(N3CCC(N(C)C)CC3)cc12. The lowest BCUT2D eigenvalue weighted by Gasteiger charge is -2.36. The van der Waals surface area contributed by atoms with Gasteiger partial charge in [0.2, 0.25) is 0 Å². The zero-order valence-electron chi connectivity index (χ0n) is 19.7. The molecule has 4 rings (SSSR count). The molecule has 1 aromatic heterocycles. The van der Waals surface area contributed by atoms with Gasteiger partial charge in [-0.05, 0) is 77.0 Å². The van der Waals surface area contributed by atoms with Gasteiger partial charge in [0.1, 0.15) is 0 Å². The standard InChI is InChI=1S/C26H32N6/c1-17-20(16-27)7-6-8-23(17)18(2)28-26-25-15-22(9-10-24(25)19(3)29-30-26)32-13-11-21(12-14-32)31(4)5/h6-10,15,18,21H,11-14H2,1-5H3,(H,28,30)/t18-/m1/s1. The summed E-state index contributed by atoms with van der Waals surface area (Å²) in [5, 5.41) is 24.1. The monoisotopic (exact) mass is 428 g/mol. The second-order valence-corrected chi connectivity index (χ2v) is 9.04. The van der Waals surface area contributed by atoms with Crippen LogP contribution in [-0.4, -0.2) is 48.3 Å². The quantitative estimate of drug-likeness (QED) is 0.628. The highest BCUT2D eigenvalue weighted by molar-refractivity contribution is 5.95. The smallest absolute Gasteiger partial charge is 0.157 e. The molecule has 6 heteroatoms. The van der Waals surface area contributed by atoms with Crippen molar-refractivity contribution < 1.29 is 0 Å². The molecular weight excluding hydrogens is 396 g/mol. The van der Waals surface area contributed by atoms with Crippen molar-refractivity contribution in [2.45, 2.75) is 45.7 Å². The largest absolute Gasteiger partial charge is 0.371 e. The lowest BCUT2D eigenvalue weighted by Crippen LogP contribution is -2.41. The van der Waals surface area contributed by atoms with Crippen LogP contribution in [0.15, 0.2) is 36.4 Å². The van der Waals surface area contributed by atoms with Crippen LogP contribution in [0, 0.1) is 25.2 Å². The predicted molar refractivity (Wildman–Crippen MR) is 131 cm³/mol. The number of nitrogens with one attached hydrogen (secondary N) is 1. The molecule has 3 aromatic rings. The Hall–Kier alpha value is -3.17. The lowest BCUT2D eigenvalue weighted by molar-refractivity contribution is 0.249. The van der Waals surface area contributed by atoms with Crippen molar-refractivity contribution in [1.29, 1.82) is 5.26 Å². The number of anilines is 2. The first-order valence-corrected chi connectivity index (χ1v) is 11.3. The first kappa shape index (κ1) is 22.0. The first-order valence-electron chi connectivity index (χ1n) is 11.3. The van der Waals surface area contributed by atoms with Gasteiger partial charge in [0.05, 0.1) is 23.4 Å². The Labute approximate surface area is 190 Å². The molecule has 2 heterocycles. The highest BCUT2D eigenvalue weighted by atomic mass is 15.2. The molecule has 0 spiro atoms. The number of nitrogens with zero attached hydrogens (tertiary/aromatic N) is 5. The van der Waals surface area contributed by atoms with Gasteiger partial charge in [-0.15, -0.1) is 5.10 Å². The van der Waals surface area contributed by atoms with Crippen molar-refractivity contribution in [3.63, 3.8) is 0 Å². The molecule has 166 valence electrons. The third-order valence-corrected chi connectivity index (χ3v) is 6.82. The topological polar surface area (TPSA) is 68.1 Å². The van der Waals surface area contributed by atoms with Crippen molar-refractivity contribution in [3.05, 3.63) is 58.8 Å². The molecule has 0 radical (unpaired) electrons. The molecule has 1 N–H and O–H groups in total. The van der Waals surface area contributed by atoms with Crippen LogP contribution in [0.3, 0.4) is 0 Å². The minimum atomic E-state index is 0.00278. The summed E-state index contributed by atoms with van der Waals surface area (Å²) in [7, 11) is 4.34. The van der Waals surface area contributed by atoms with Gasteiger partial charge < -0.3 is 15.1 Å². The number of piperidine rings is 1. The highest BCUT2D eigenvalue weighted by Gasteiger charge is 2.22. The molecule has 0 amide bonds. The number of fused-ring (bicyclic) bond motifs is 1. The molecule has 0 aliphatic carbocycles. The second kappa shape index (κ2) is 9.13. The maximum Gasteiger partial charge on any atom is 0.157 e. The summed E-state index contributed by atoms with van der Waals surface area (Å²) in [4.78, 5) is 4.81. The van der Waals surface area contributed by atoms with Crippen molar-refractivity contribution in [3.8, 4) is 6.07 Å². The summed E-state index contributed by atoms with van der Waals surface area (Å²) in [5.41, 5.74) is 4.98. The molecule has 6 nitrogen and oxygen atoms in total. The van der Waals surface area contributed by atoms with E-state index in [-0.39, 0.29) is 6.04 Å². The van der Waals surface area contributed by atoms with E-state index in [1.165, 1.54) is 18.5 Å². The lowest BCUT2D eigenvalue weighted by atomic mass is 9.98. The number of nitriles is 1. The fourth-order valence-electron chi connectivity index (χ4n) is 4.75. The molecule has 1 atom stereocenters. The highest BCUT2D eigenvalue weighted by Crippen LogP contribution is 2.32. The van der Waals surface area contributed by atoms with E-state index in [1.807, 2.05) is 26.0 Å². The van der Waals surface area contributed by atoms with E-state index in [4.69, 9.17) is 0 Å². The third-order valence-electron chi connectivity index (χ3n) is 6.82. The van der Waals surface area contributed by atoms with E-state index in [9.17, 15) is 5.26 Å². The Morgan fingerprint density at radius 3 is 2.53 bits per heavy atom. The maximum absolute atomic E-state index is 9.39. The molecule has 1 aliphatic heterocycles. The summed E-state index contributed by atoms with van der Waals surface area (Å²) in [6.45, 7) is 8.23. The average molecular weight is 429 g/mol. The maximum atomic E-state index is 9.39. The fraction of sp³-hybridized carbons (Fsp3) is 0.423. The Kier molecular flexibility index (Phi) is 6.29. The van der Waals surface area contributed by atoms with Gasteiger partial charge in [-0.1, -0.05) is 18.2 Å². The van der Waals surface area contributed by atoms with Crippen LogP contribution >= 0.6 is 0 Å². The molecule has 0 saturated carbocycles. The van der Waals surface area contributed by atoms with Crippen LogP contribution in [0.5, 0.6) is 0 Å². The molecule has 0 bridgehead atoms. The van der Waals surface area contributed by atoms with E-state index >= 15 is 0 Å². The zero-order valence-corrected chi connectivity index (χ0v) is 19.7. The molecule has 1 saturated heterocycles. The average Bonchev–Trinajstić information content (AvgIpc) is 2.81. The number of aromatic nitrogens is 2. The van der Waals surface area contributed by atoms with Crippen molar-refractivity contribution in [1.82, 2.24) is 15.1 Å². The fourth-order valence-corrected chi connectivity index (χ4v) is 4.75. The molecule has 32 heavy (non-hydrogen) atoms. The molecule has 0 unspecified atom stereocenters. The first-order chi connectivity index (χ1) is 15.4. The summed E-state index contributed by atoms with van der Waals surface area (Å²) >= 11 is 0. The summed E-state index contributed by atoms with van der Waals surface area (Å²) < 4.78 is 0. The van der Waals surface area contributed by atoms with E-state index in [1.54, 1.807) is 0 Å². The number of hydrogen-bond acceptors (Lipinski definition) is 6. The molecular formula is C26H32N6. The van der Waals surface area contributed by atoms with Gasteiger partial charge in [-0.25, -0.2) is 0 Å². The van der Waals surface area contributed by atoms with Gasteiger partial charge in [0.25, 0.3) is 0 Å². The number of hydrogen-bond donors (Lipinski definition) is 1. The van der Waals surface area contributed by atoms with E-state index in [2.05, 4.69) is 76.7 Å². The van der Waals surface area contributed by atoms with Crippen LogP contribution in [0.2, 0.25) is 0 Å². The van der Waals surface area contributed by atoms with Crippen LogP contribution in [0.1, 0.15) is 48.2 Å². The van der Waals surface area contributed by atoms with Crippen molar-refractivity contribution in [2.24, 2.45) is 0 Å². The van der Waals surface area contributed by atoms with Crippen LogP contribution in [0.4, 0.5) is 11.5 Å². The number of rotatable bonds is 5. The second-order valence-electron chi connectivity index (χ2n) is 9.04. The molecule has 1 aliphatic rings. The van der Waals surface area contributed by atoms with Crippen molar-refractivity contribution >= 4 is 22.3 Å². The van der Waals surface area contributed by atoms with Gasteiger partial charge in [-0.3, -0.25) is 0 Å². The number of aryl methyl sites for hydroxylation is 1. The third kappa shape index (κ3) is 4.26. The van der Waals surface area contributed by atoms with Gasteiger partial charge in [0.15, 0.2) is 5.82 Å². The Morgan fingerprint density at radius 2 is 1.84 bits per heavy atom. The minimum Gasteiger partial charge on any atom is -0.371 e. The van der Waals surface area contributed by atoms with Crippen LogP contribution < -0.4 is 10.2 Å². The Morgan fingerprint density at radius 1 is 1.09 bits per heavy atom.